The molecule has 0 unspecified atom stereocenters. The van der Waals surface area contributed by atoms with Crippen LogP contribution in [0.3, 0.4) is 0 Å². The van der Waals surface area contributed by atoms with E-state index in [-0.39, 0.29) is 5.41 Å². The molecule has 0 aliphatic heterocycles. The van der Waals surface area contributed by atoms with E-state index in [0.717, 1.165) is 31.7 Å². The standard InChI is InChI=1S/C17H33N3O2/c1-16(2,3)7-9-21-11-12-22-10-8-20-14-15(18-19-20)13-17(4,5)6/h14H,7-13H2,1-6H3. The van der Waals surface area contributed by atoms with Crippen molar-refractivity contribution in [2.45, 2.75) is 60.9 Å². The molecule has 22 heavy (non-hydrogen) atoms. The largest absolute Gasteiger partial charge is 0.379 e. The minimum Gasteiger partial charge on any atom is -0.379 e. The van der Waals surface area contributed by atoms with Gasteiger partial charge in [-0.2, -0.15) is 0 Å². The van der Waals surface area contributed by atoms with Crippen LogP contribution in [0.15, 0.2) is 6.20 Å². The molecule has 0 N–H and O–H groups in total. The number of ether oxygens (including phenoxy) is 2. The van der Waals surface area contributed by atoms with E-state index in [2.05, 4.69) is 51.9 Å². The second-order valence-electron chi connectivity index (χ2n) is 8.25. The lowest BCUT2D eigenvalue weighted by Gasteiger charge is -2.17. The van der Waals surface area contributed by atoms with Gasteiger partial charge in [-0.1, -0.05) is 46.8 Å². The van der Waals surface area contributed by atoms with Gasteiger partial charge in [-0.05, 0) is 23.7 Å². The Labute approximate surface area is 135 Å². The molecule has 0 bridgehead atoms. The van der Waals surface area contributed by atoms with Gasteiger partial charge in [0.1, 0.15) is 0 Å². The summed E-state index contributed by atoms with van der Waals surface area (Å²) in [6, 6.07) is 0. The fourth-order valence-corrected chi connectivity index (χ4v) is 1.93. The van der Waals surface area contributed by atoms with Crippen LogP contribution in [0.25, 0.3) is 0 Å². The first-order valence-electron chi connectivity index (χ1n) is 8.20. The third-order valence-electron chi connectivity index (χ3n) is 3.13. The minimum atomic E-state index is 0.238. The Morgan fingerprint density at radius 1 is 0.909 bits per heavy atom. The zero-order chi connectivity index (χ0) is 16.6. The molecule has 0 saturated carbocycles. The second kappa shape index (κ2) is 8.63. The Kier molecular flexibility index (Phi) is 7.49. The van der Waals surface area contributed by atoms with E-state index in [1.807, 2.05) is 10.9 Å². The fourth-order valence-electron chi connectivity index (χ4n) is 1.93. The van der Waals surface area contributed by atoms with E-state index in [9.17, 15) is 0 Å². The van der Waals surface area contributed by atoms with Crippen LogP contribution in [-0.4, -0.2) is 41.4 Å². The van der Waals surface area contributed by atoms with Gasteiger partial charge in [-0.15, -0.1) is 5.10 Å². The molecule has 5 heteroatoms. The summed E-state index contributed by atoms with van der Waals surface area (Å²) in [6.45, 7) is 16.7. The van der Waals surface area contributed by atoms with Gasteiger partial charge in [-0.3, -0.25) is 0 Å². The van der Waals surface area contributed by atoms with Crippen LogP contribution in [0.4, 0.5) is 0 Å². The lowest BCUT2D eigenvalue weighted by atomic mass is 9.91. The van der Waals surface area contributed by atoms with E-state index in [0.29, 0.717) is 25.2 Å². The molecular weight excluding hydrogens is 278 g/mol. The molecule has 0 saturated heterocycles. The quantitative estimate of drug-likeness (QED) is 0.656. The summed E-state index contributed by atoms with van der Waals surface area (Å²) < 4.78 is 13.0. The molecule has 0 aromatic carbocycles. The molecule has 0 spiro atoms. The molecule has 1 heterocycles. The lowest BCUT2D eigenvalue weighted by Crippen LogP contribution is -2.13. The fraction of sp³-hybridized carbons (Fsp3) is 0.882. The van der Waals surface area contributed by atoms with Crippen molar-refractivity contribution in [3.05, 3.63) is 11.9 Å². The van der Waals surface area contributed by atoms with Gasteiger partial charge in [0, 0.05) is 12.8 Å². The molecule has 5 nitrogen and oxygen atoms in total. The normalized spacial score (nSPS) is 12.8. The van der Waals surface area contributed by atoms with Gasteiger partial charge in [0.05, 0.1) is 32.1 Å². The molecule has 0 amide bonds. The molecule has 0 fully saturated rings. The predicted molar refractivity (Wildman–Crippen MR) is 88.9 cm³/mol. The maximum Gasteiger partial charge on any atom is 0.0832 e. The average Bonchev–Trinajstić information content (AvgIpc) is 2.76. The van der Waals surface area contributed by atoms with Crippen LogP contribution < -0.4 is 0 Å². The monoisotopic (exact) mass is 311 g/mol. The second-order valence-corrected chi connectivity index (χ2v) is 8.25. The third-order valence-corrected chi connectivity index (χ3v) is 3.13. The summed E-state index contributed by atoms with van der Waals surface area (Å²) in [6.07, 6.45) is 4.02. The topological polar surface area (TPSA) is 49.2 Å². The first kappa shape index (κ1) is 19.1. The van der Waals surface area contributed by atoms with Crippen LogP contribution in [0.2, 0.25) is 0 Å². The van der Waals surface area contributed by atoms with E-state index in [4.69, 9.17) is 9.47 Å². The maximum atomic E-state index is 5.57. The number of hydrogen-bond donors (Lipinski definition) is 0. The van der Waals surface area contributed by atoms with Crippen LogP contribution in [0.1, 0.15) is 53.7 Å². The highest BCUT2D eigenvalue weighted by molar-refractivity contribution is 4.95. The first-order valence-corrected chi connectivity index (χ1v) is 8.20. The third kappa shape index (κ3) is 9.90. The van der Waals surface area contributed by atoms with Gasteiger partial charge >= 0.3 is 0 Å². The molecule has 128 valence electrons. The van der Waals surface area contributed by atoms with Crippen molar-refractivity contribution in [2.24, 2.45) is 10.8 Å². The molecule has 0 atom stereocenters. The van der Waals surface area contributed by atoms with Crippen molar-refractivity contribution in [1.82, 2.24) is 15.0 Å². The number of hydrogen-bond acceptors (Lipinski definition) is 4. The van der Waals surface area contributed by atoms with Crippen LogP contribution in [-0.2, 0) is 22.4 Å². The average molecular weight is 311 g/mol. The number of rotatable bonds is 9. The summed E-state index contributed by atoms with van der Waals surface area (Å²) >= 11 is 0. The van der Waals surface area contributed by atoms with Crippen molar-refractivity contribution in [3.8, 4) is 0 Å². The van der Waals surface area contributed by atoms with Crippen molar-refractivity contribution in [2.75, 3.05) is 26.4 Å². The zero-order valence-electron chi connectivity index (χ0n) is 15.2. The summed E-state index contributed by atoms with van der Waals surface area (Å²) in [4.78, 5) is 0. The molecule has 1 rings (SSSR count). The van der Waals surface area contributed by atoms with Crippen molar-refractivity contribution in [3.63, 3.8) is 0 Å². The number of nitrogens with zero attached hydrogens (tertiary/aromatic N) is 3. The predicted octanol–water partition coefficient (Wildman–Crippen LogP) is 3.34. The Morgan fingerprint density at radius 2 is 1.55 bits per heavy atom. The number of aromatic nitrogens is 3. The van der Waals surface area contributed by atoms with Crippen molar-refractivity contribution >= 4 is 0 Å². The van der Waals surface area contributed by atoms with Crippen LogP contribution in [0, 0.1) is 10.8 Å². The highest BCUT2D eigenvalue weighted by Gasteiger charge is 2.13. The summed E-state index contributed by atoms with van der Waals surface area (Å²) in [7, 11) is 0. The van der Waals surface area contributed by atoms with Gasteiger partial charge in [0.15, 0.2) is 0 Å². The van der Waals surface area contributed by atoms with E-state index in [1.54, 1.807) is 0 Å². The summed E-state index contributed by atoms with van der Waals surface area (Å²) in [5.74, 6) is 0. The molecule has 0 aliphatic rings. The highest BCUT2D eigenvalue weighted by Crippen LogP contribution is 2.18. The maximum absolute atomic E-state index is 5.57. The summed E-state index contributed by atoms with van der Waals surface area (Å²) in [5.41, 5.74) is 1.61. The van der Waals surface area contributed by atoms with Gasteiger partial charge in [0.2, 0.25) is 0 Å². The Bertz CT molecular complexity index is 416. The lowest BCUT2D eigenvalue weighted by molar-refractivity contribution is 0.0355. The molecular formula is C17H33N3O2. The first-order chi connectivity index (χ1) is 10.2. The molecule has 1 aromatic rings. The van der Waals surface area contributed by atoms with Crippen molar-refractivity contribution in [1.29, 1.82) is 0 Å². The van der Waals surface area contributed by atoms with Gasteiger partial charge in [0.25, 0.3) is 0 Å². The minimum absolute atomic E-state index is 0.238. The smallest absolute Gasteiger partial charge is 0.0832 e. The van der Waals surface area contributed by atoms with E-state index in [1.165, 1.54) is 0 Å². The SMILES string of the molecule is CC(C)(C)CCOCCOCCn1cc(CC(C)(C)C)nn1. The molecule has 0 radical (unpaired) electrons. The Morgan fingerprint density at radius 3 is 2.14 bits per heavy atom. The van der Waals surface area contributed by atoms with Gasteiger partial charge < -0.3 is 9.47 Å². The van der Waals surface area contributed by atoms with Crippen molar-refractivity contribution < 1.29 is 9.47 Å². The van der Waals surface area contributed by atoms with Gasteiger partial charge in [-0.25, -0.2) is 4.68 Å². The Hall–Kier alpha value is -0.940. The van der Waals surface area contributed by atoms with Crippen LogP contribution in [0.5, 0.6) is 0 Å². The van der Waals surface area contributed by atoms with E-state index >= 15 is 0 Å². The Balaban J connectivity index is 2.05. The zero-order valence-corrected chi connectivity index (χ0v) is 15.2. The van der Waals surface area contributed by atoms with Crippen LogP contribution >= 0.6 is 0 Å². The highest BCUT2D eigenvalue weighted by atomic mass is 16.5. The molecule has 1 aromatic heterocycles. The molecule has 0 aliphatic carbocycles. The van der Waals surface area contributed by atoms with E-state index < -0.39 is 0 Å². The summed E-state index contributed by atoms with van der Waals surface area (Å²) in [5, 5.41) is 8.33.